The van der Waals surface area contributed by atoms with Crippen LogP contribution in [0.25, 0.3) is 0 Å². The monoisotopic (exact) mass is 440 g/mol. The Labute approximate surface area is 191 Å². The molecule has 6 nitrogen and oxygen atoms in total. The van der Waals surface area contributed by atoms with Crippen molar-refractivity contribution < 1.29 is 19.4 Å². The van der Waals surface area contributed by atoms with Crippen LogP contribution >= 0.6 is 0 Å². The van der Waals surface area contributed by atoms with Crippen LogP contribution in [-0.4, -0.2) is 31.4 Å². The zero-order valence-electron chi connectivity index (χ0n) is 20.5. The van der Waals surface area contributed by atoms with Crippen LogP contribution in [0.1, 0.15) is 70.2 Å². The number of nitrogens with zero attached hydrogens (tertiary/aromatic N) is 1. The van der Waals surface area contributed by atoms with Crippen LogP contribution in [0.4, 0.5) is 0 Å². The van der Waals surface area contributed by atoms with Gasteiger partial charge in [-0.15, -0.1) is 0 Å². The number of carbonyl (C=O) groups is 1. The first-order valence-corrected chi connectivity index (χ1v) is 10.8. The molecule has 174 valence electrons. The SMILES string of the molecule is COc1ccc(/C=N\NC(=O)CCc2cc(C(C)(C)C)c(O)c(C(C)(C)C)c2)c(OC)c1. The lowest BCUT2D eigenvalue weighted by molar-refractivity contribution is -0.121. The molecule has 0 fully saturated rings. The zero-order chi connectivity index (χ0) is 24.1. The van der Waals surface area contributed by atoms with E-state index in [1.54, 1.807) is 32.6 Å². The van der Waals surface area contributed by atoms with E-state index in [0.29, 0.717) is 23.7 Å². The first-order valence-electron chi connectivity index (χ1n) is 10.8. The Morgan fingerprint density at radius 2 is 1.59 bits per heavy atom. The van der Waals surface area contributed by atoms with Crippen LogP contribution in [0.2, 0.25) is 0 Å². The molecule has 2 aromatic carbocycles. The van der Waals surface area contributed by atoms with Gasteiger partial charge in [0.1, 0.15) is 17.2 Å². The number of carbonyl (C=O) groups excluding carboxylic acids is 1. The molecule has 0 bridgehead atoms. The molecule has 6 heteroatoms. The largest absolute Gasteiger partial charge is 0.507 e. The number of phenols is 1. The van der Waals surface area contributed by atoms with Gasteiger partial charge in [-0.3, -0.25) is 4.79 Å². The van der Waals surface area contributed by atoms with Crippen LogP contribution in [-0.2, 0) is 22.0 Å². The molecule has 0 aliphatic carbocycles. The molecule has 0 aromatic heterocycles. The van der Waals surface area contributed by atoms with E-state index >= 15 is 0 Å². The quantitative estimate of drug-likeness (QED) is 0.464. The number of ether oxygens (including phenoxy) is 2. The van der Waals surface area contributed by atoms with Gasteiger partial charge in [0.05, 0.1) is 20.4 Å². The van der Waals surface area contributed by atoms with E-state index < -0.39 is 0 Å². The summed E-state index contributed by atoms with van der Waals surface area (Å²) in [5.41, 5.74) is 5.71. The van der Waals surface area contributed by atoms with E-state index in [2.05, 4.69) is 52.1 Å². The minimum Gasteiger partial charge on any atom is -0.507 e. The van der Waals surface area contributed by atoms with Crippen molar-refractivity contribution in [2.24, 2.45) is 5.10 Å². The molecule has 2 N–H and O–H groups in total. The number of phenolic OH excluding ortho intramolecular Hbond substituents is 1. The molecule has 0 atom stereocenters. The lowest BCUT2D eigenvalue weighted by Crippen LogP contribution is -2.20. The fourth-order valence-electron chi connectivity index (χ4n) is 3.39. The number of rotatable bonds is 7. The predicted octanol–water partition coefficient (Wildman–Crippen LogP) is 5.09. The Kier molecular flexibility index (Phi) is 7.94. The fraction of sp³-hybridized carbons (Fsp3) is 0.462. The minimum atomic E-state index is -0.204. The van der Waals surface area contributed by atoms with E-state index in [9.17, 15) is 9.90 Å². The molecule has 0 aliphatic heterocycles. The van der Waals surface area contributed by atoms with E-state index in [4.69, 9.17) is 9.47 Å². The lowest BCUT2D eigenvalue weighted by atomic mass is 9.78. The summed E-state index contributed by atoms with van der Waals surface area (Å²) in [5.74, 6) is 1.45. The minimum absolute atomic E-state index is 0.184. The first kappa shape index (κ1) is 25.2. The van der Waals surface area contributed by atoms with Crippen molar-refractivity contribution in [2.45, 2.75) is 65.2 Å². The lowest BCUT2D eigenvalue weighted by Gasteiger charge is -2.28. The summed E-state index contributed by atoms with van der Waals surface area (Å²) in [4.78, 5) is 12.4. The predicted molar refractivity (Wildman–Crippen MR) is 129 cm³/mol. The molecule has 0 spiro atoms. The highest BCUT2D eigenvalue weighted by atomic mass is 16.5. The van der Waals surface area contributed by atoms with Crippen molar-refractivity contribution in [2.75, 3.05) is 14.2 Å². The summed E-state index contributed by atoms with van der Waals surface area (Å²) >= 11 is 0. The number of methoxy groups -OCH3 is 2. The summed E-state index contributed by atoms with van der Waals surface area (Å²) in [6.07, 6.45) is 2.39. The average molecular weight is 441 g/mol. The molecular weight excluding hydrogens is 404 g/mol. The molecule has 32 heavy (non-hydrogen) atoms. The Balaban J connectivity index is 2.11. The third kappa shape index (κ3) is 6.49. The second-order valence-corrected chi connectivity index (χ2v) is 9.94. The summed E-state index contributed by atoms with van der Waals surface area (Å²) in [6.45, 7) is 12.5. The normalized spacial score (nSPS) is 12.1. The van der Waals surface area contributed by atoms with E-state index in [-0.39, 0.29) is 23.2 Å². The van der Waals surface area contributed by atoms with Crippen molar-refractivity contribution in [1.82, 2.24) is 5.43 Å². The molecule has 0 saturated carbocycles. The molecule has 0 saturated heterocycles. The second kappa shape index (κ2) is 10.1. The highest BCUT2D eigenvalue weighted by molar-refractivity contribution is 5.85. The second-order valence-electron chi connectivity index (χ2n) is 9.94. The third-order valence-corrected chi connectivity index (χ3v) is 5.26. The molecule has 2 rings (SSSR count). The van der Waals surface area contributed by atoms with Gasteiger partial charge in [0.2, 0.25) is 5.91 Å². The highest BCUT2D eigenvalue weighted by Crippen LogP contribution is 2.40. The number of nitrogens with one attached hydrogen (secondary N) is 1. The summed E-state index contributed by atoms with van der Waals surface area (Å²) in [6, 6.07) is 9.38. The van der Waals surface area contributed by atoms with Crippen LogP contribution in [0.5, 0.6) is 17.2 Å². The topological polar surface area (TPSA) is 80.2 Å². The molecule has 0 heterocycles. The smallest absolute Gasteiger partial charge is 0.240 e. The van der Waals surface area contributed by atoms with Crippen molar-refractivity contribution >= 4 is 12.1 Å². The Morgan fingerprint density at radius 1 is 1.00 bits per heavy atom. The number of hydrogen-bond acceptors (Lipinski definition) is 5. The van der Waals surface area contributed by atoms with Crippen molar-refractivity contribution in [3.63, 3.8) is 0 Å². The van der Waals surface area contributed by atoms with Gasteiger partial charge >= 0.3 is 0 Å². The number of hydrogen-bond donors (Lipinski definition) is 2. The van der Waals surface area contributed by atoms with E-state index in [1.807, 2.05) is 18.2 Å². The maximum Gasteiger partial charge on any atom is 0.240 e. The van der Waals surface area contributed by atoms with Crippen LogP contribution in [0.15, 0.2) is 35.4 Å². The number of hydrazone groups is 1. The average Bonchev–Trinajstić information content (AvgIpc) is 2.71. The van der Waals surface area contributed by atoms with E-state index in [0.717, 1.165) is 22.3 Å². The van der Waals surface area contributed by atoms with Crippen molar-refractivity contribution in [3.8, 4) is 17.2 Å². The summed E-state index contributed by atoms with van der Waals surface area (Å²) < 4.78 is 10.5. The Bertz CT molecular complexity index is 947. The maximum absolute atomic E-state index is 12.4. The van der Waals surface area contributed by atoms with E-state index in [1.165, 1.54) is 0 Å². The van der Waals surface area contributed by atoms with Crippen LogP contribution in [0.3, 0.4) is 0 Å². The van der Waals surface area contributed by atoms with Gasteiger partial charge < -0.3 is 14.6 Å². The van der Waals surface area contributed by atoms with Gasteiger partial charge in [-0.1, -0.05) is 53.7 Å². The maximum atomic E-state index is 12.4. The van der Waals surface area contributed by atoms with Gasteiger partial charge in [-0.25, -0.2) is 5.43 Å². The number of amides is 1. The summed E-state index contributed by atoms with van der Waals surface area (Å²) in [7, 11) is 3.16. The summed E-state index contributed by atoms with van der Waals surface area (Å²) in [5, 5.41) is 14.9. The van der Waals surface area contributed by atoms with Crippen molar-refractivity contribution in [1.29, 1.82) is 0 Å². The molecule has 0 aliphatic rings. The molecule has 0 unspecified atom stereocenters. The molecule has 1 amide bonds. The van der Waals surface area contributed by atoms with Crippen LogP contribution < -0.4 is 14.9 Å². The molecule has 2 aromatic rings. The van der Waals surface area contributed by atoms with Gasteiger partial charge in [-0.2, -0.15) is 5.10 Å². The van der Waals surface area contributed by atoms with Gasteiger partial charge in [0.15, 0.2) is 0 Å². The van der Waals surface area contributed by atoms with Gasteiger partial charge in [0, 0.05) is 18.1 Å². The highest BCUT2D eigenvalue weighted by Gasteiger charge is 2.26. The Morgan fingerprint density at radius 3 is 2.09 bits per heavy atom. The first-order chi connectivity index (χ1) is 14.9. The van der Waals surface area contributed by atoms with Gasteiger partial charge in [0.25, 0.3) is 0 Å². The zero-order valence-corrected chi connectivity index (χ0v) is 20.5. The molecule has 0 radical (unpaired) electrons. The number of benzene rings is 2. The van der Waals surface area contributed by atoms with Crippen molar-refractivity contribution in [3.05, 3.63) is 52.6 Å². The fourth-order valence-corrected chi connectivity index (χ4v) is 3.39. The number of aryl methyl sites for hydroxylation is 1. The van der Waals surface area contributed by atoms with Gasteiger partial charge in [-0.05, 0) is 46.1 Å². The number of aromatic hydroxyl groups is 1. The third-order valence-electron chi connectivity index (χ3n) is 5.26. The molecular formula is C26H36N2O4. The van der Waals surface area contributed by atoms with Crippen LogP contribution in [0, 0.1) is 0 Å². The standard InChI is InChI=1S/C26H36N2O4/c1-25(2,3)20-13-17(14-21(24(20)30)26(4,5)6)9-12-23(29)28-27-16-18-10-11-19(31-7)15-22(18)32-8/h10-11,13-16,30H,9,12H2,1-8H3,(H,28,29)/b27-16-. The Hall–Kier alpha value is -3.02.